The summed E-state index contributed by atoms with van der Waals surface area (Å²) in [6.07, 6.45) is 0.232. The predicted molar refractivity (Wildman–Crippen MR) is 88.6 cm³/mol. The number of amides is 1. The number of piperidine rings is 1. The molecular weight excluding hydrogens is 347 g/mol. The third kappa shape index (κ3) is 4.17. The van der Waals surface area contributed by atoms with Crippen LogP contribution >= 0.6 is 0 Å². The monoisotopic (exact) mass is 367 g/mol. The van der Waals surface area contributed by atoms with E-state index in [0.29, 0.717) is 12.2 Å². The number of hydrogen-bond donors (Lipinski definition) is 0. The Morgan fingerprint density at radius 2 is 2.12 bits per heavy atom. The first-order chi connectivity index (χ1) is 12.3. The highest BCUT2D eigenvalue weighted by atomic mass is 19.4. The number of halogens is 3. The van der Waals surface area contributed by atoms with Crippen LogP contribution in [0.25, 0.3) is 0 Å². The van der Waals surface area contributed by atoms with Crippen LogP contribution in [0.5, 0.6) is 5.75 Å². The Hall–Kier alpha value is -2.51. The van der Waals surface area contributed by atoms with Crippen molar-refractivity contribution < 1.29 is 22.7 Å². The summed E-state index contributed by atoms with van der Waals surface area (Å²) in [4.78, 5) is 14.3. The van der Waals surface area contributed by atoms with Gasteiger partial charge in [0.2, 0.25) is 0 Å². The molecule has 1 aliphatic rings. The minimum absolute atomic E-state index is 0.0792. The minimum Gasteiger partial charge on any atom is -0.471 e. The van der Waals surface area contributed by atoms with Crippen LogP contribution in [0.4, 0.5) is 13.2 Å². The van der Waals surface area contributed by atoms with Gasteiger partial charge in [-0.2, -0.15) is 18.3 Å². The Bertz CT molecular complexity index is 773. The molecule has 1 atom stereocenters. The topological polar surface area (TPSA) is 47.4 Å². The maximum atomic E-state index is 12.7. The fourth-order valence-corrected chi connectivity index (χ4v) is 3.00. The quantitative estimate of drug-likeness (QED) is 0.822. The molecule has 1 saturated heterocycles. The van der Waals surface area contributed by atoms with Gasteiger partial charge in [-0.25, -0.2) is 4.68 Å². The zero-order chi connectivity index (χ0) is 18.7. The lowest BCUT2D eigenvalue weighted by molar-refractivity contribution is -0.137. The maximum absolute atomic E-state index is 12.7. The summed E-state index contributed by atoms with van der Waals surface area (Å²) in [6, 6.07) is 6.43. The molecule has 0 aliphatic carbocycles. The van der Waals surface area contributed by atoms with E-state index in [2.05, 4.69) is 5.10 Å². The van der Waals surface area contributed by atoms with Crippen molar-refractivity contribution in [3.63, 3.8) is 0 Å². The van der Waals surface area contributed by atoms with Crippen molar-refractivity contribution in [3.8, 4) is 5.75 Å². The Labute approximate surface area is 149 Å². The molecule has 2 aromatic rings. The lowest BCUT2D eigenvalue weighted by Crippen LogP contribution is -2.42. The predicted octanol–water partition coefficient (Wildman–Crippen LogP) is 3.95. The molecule has 1 aromatic heterocycles. The molecule has 0 saturated carbocycles. The van der Waals surface area contributed by atoms with Crippen molar-refractivity contribution in [2.75, 3.05) is 6.54 Å². The van der Waals surface area contributed by atoms with Crippen molar-refractivity contribution in [2.45, 2.75) is 45.1 Å². The number of likely N-dealkylation sites (tertiary alicyclic amines) is 1. The van der Waals surface area contributed by atoms with Gasteiger partial charge in [-0.15, -0.1) is 0 Å². The molecular formula is C18H20F3N3O2. The molecule has 140 valence electrons. The Morgan fingerprint density at radius 3 is 2.85 bits per heavy atom. The van der Waals surface area contributed by atoms with Crippen LogP contribution in [0.15, 0.2) is 36.5 Å². The first kappa shape index (κ1) is 18.3. The summed E-state index contributed by atoms with van der Waals surface area (Å²) in [5, 5.41) is 4.18. The highest BCUT2D eigenvalue weighted by molar-refractivity contribution is 5.92. The van der Waals surface area contributed by atoms with Crippen LogP contribution in [0.3, 0.4) is 0 Å². The molecule has 1 amide bonds. The summed E-state index contributed by atoms with van der Waals surface area (Å²) in [5.41, 5.74) is -0.461. The number of aromatic nitrogens is 2. The molecule has 1 aliphatic heterocycles. The smallest absolute Gasteiger partial charge is 0.416 e. The van der Waals surface area contributed by atoms with Crippen LogP contribution in [-0.2, 0) is 12.9 Å². The molecule has 1 unspecified atom stereocenters. The number of carbonyl (C=O) groups excluding carboxylic acids is 1. The number of carbonyl (C=O) groups is 1. The molecule has 2 heterocycles. The number of rotatable bonds is 4. The molecule has 3 rings (SSSR count). The summed E-state index contributed by atoms with van der Waals surface area (Å²) in [7, 11) is 0. The second-order valence-corrected chi connectivity index (χ2v) is 6.38. The molecule has 1 fully saturated rings. The van der Waals surface area contributed by atoms with E-state index in [1.165, 1.54) is 16.8 Å². The summed E-state index contributed by atoms with van der Waals surface area (Å²) >= 11 is 0. The average molecular weight is 367 g/mol. The highest BCUT2D eigenvalue weighted by Gasteiger charge is 2.30. The van der Waals surface area contributed by atoms with Gasteiger partial charge in [-0.1, -0.05) is 6.07 Å². The summed E-state index contributed by atoms with van der Waals surface area (Å²) in [6.45, 7) is 2.66. The van der Waals surface area contributed by atoms with Crippen LogP contribution in [0.1, 0.15) is 42.2 Å². The van der Waals surface area contributed by atoms with Crippen molar-refractivity contribution in [1.29, 1.82) is 0 Å². The Kier molecular flexibility index (Phi) is 5.20. The number of hydrogen-bond acceptors (Lipinski definition) is 3. The number of ether oxygens (including phenoxy) is 1. The van der Waals surface area contributed by atoms with E-state index in [1.54, 1.807) is 12.3 Å². The van der Waals surface area contributed by atoms with Crippen molar-refractivity contribution in [1.82, 2.24) is 14.7 Å². The molecule has 0 bridgehead atoms. The van der Waals surface area contributed by atoms with Crippen LogP contribution in [0.2, 0.25) is 0 Å². The van der Waals surface area contributed by atoms with E-state index in [1.807, 2.05) is 11.8 Å². The second-order valence-electron chi connectivity index (χ2n) is 6.38. The van der Waals surface area contributed by atoms with Gasteiger partial charge >= 0.3 is 6.18 Å². The molecule has 8 heteroatoms. The fourth-order valence-electron chi connectivity index (χ4n) is 3.00. The van der Waals surface area contributed by atoms with Crippen LogP contribution in [-0.4, -0.2) is 33.2 Å². The zero-order valence-corrected chi connectivity index (χ0v) is 14.4. The summed E-state index contributed by atoms with van der Waals surface area (Å²) in [5.74, 6) is -0.0390. The zero-order valence-electron chi connectivity index (χ0n) is 14.4. The molecule has 0 spiro atoms. The first-order valence-electron chi connectivity index (χ1n) is 8.49. The van der Waals surface area contributed by atoms with Gasteiger partial charge in [-0.3, -0.25) is 4.79 Å². The third-order valence-corrected chi connectivity index (χ3v) is 4.45. The molecule has 1 aromatic carbocycles. The molecule has 26 heavy (non-hydrogen) atoms. The van der Waals surface area contributed by atoms with E-state index < -0.39 is 11.7 Å². The largest absolute Gasteiger partial charge is 0.471 e. The SMILES string of the molecule is CC1CCCCN1C(=O)c1ccn(COc2cccc(C(F)(F)F)c2)n1. The lowest BCUT2D eigenvalue weighted by atomic mass is 10.0. The van der Waals surface area contributed by atoms with Gasteiger partial charge in [0.05, 0.1) is 5.56 Å². The van der Waals surface area contributed by atoms with E-state index in [4.69, 9.17) is 4.74 Å². The first-order valence-corrected chi connectivity index (χ1v) is 8.49. The molecule has 0 radical (unpaired) electrons. The van der Waals surface area contributed by atoms with Crippen LogP contribution < -0.4 is 4.74 Å². The van der Waals surface area contributed by atoms with E-state index >= 15 is 0 Å². The van der Waals surface area contributed by atoms with Gasteiger partial charge in [0.1, 0.15) is 5.75 Å². The van der Waals surface area contributed by atoms with Gasteiger partial charge in [-0.05, 0) is 50.5 Å². The number of alkyl halides is 3. The van der Waals surface area contributed by atoms with Crippen molar-refractivity contribution in [3.05, 3.63) is 47.8 Å². The normalized spacial score (nSPS) is 18.0. The van der Waals surface area contributed by atoms with Gasteiger partial charge in [0.25, 0.3) is 5.91 Å². The summed E-state index contributed by atoms with van der Waals surface area (Å²) < 4.78 is 44.9. The van der Waals surface area contributed by atoms with Gasteiger partial charge < -0.3 is 9.64 Å². The standard InChI is InChI=1S/C18H20F3N3O2/c1-13-5-2-3-9-24(13)17(25)16-8-10-23(22-16)12-26-15-7-4-6-14(11-15)18(19,20)21/h4,6-8,10-11,13H,2-3,5,9,12H2,1H3. The third-order valence-electron chi connectivity index (χ3n) is 4.45. The van der Waals surface area contributed by atoms with Gasteiger partial charge in [0, 0.05) is 18.8 Å². The van der Waals surface area contributed by atoms with Crippen molar-refractivity contribution in [2.24, 2.45) is 0 Å². The van der Waals surface area contributed by atoms with E-state index in [-0.39, 0.29) is 24.4 Å². The maximum Gasteiger partial charge on any atom is 0.416 e. The highest BCUT2D eigenvalue weighted by Crippen LogP contribution is 2.31. The second kappa shape index (κ2) is 7.39. The average Bonchev–Trinajstić information content (AvgIpc) is 3.08. The lowest BCUT2D eigenvalue weighted by Gasteiger charge is -2.32. The number of nitrogens with zero attached hydrogens (tertiary/aromatic N) is 3. The van der Waals surface area contributed by atoms with Crippen LogP contribution in [0, 0.1) is 0 Å². The van der Waals surface area contributed by atoms with Crippen molar-refractivity contribution >= 4 is 5.91 Å². The van der Waals surface area contributed by atoms with E-state index in [0.717, 1.165) is 31.4 Å². The Morgan fingerprint density at radius 1 is 1.31 bits per heavy atom. The van der Waals surface area contributed by atoms with E-state index in [9.17, 15) is 18.0 Å². The molecule has 0 N–H and O–H groups in total. The Balaban J connectivity index is 1.63. The van der Waals surface area contributed by atoms with Gasteiger partial charge in [0.15, 0.2) is 12.4 Å². The number of benzene rings is 1. The molecule has 5 nitrogen and oxygen atoms in total. The fraction of sp³-hybridized carbons (Fsp3) is 0.444. The minimum atomic E-state index is -4.42.